The Bertz CT molecular complexity index is 389. The van der Waals surface area contributed by atoms with Gasteiger partial charge in [0.25, 0.3) is 0 Å². The fourth-order valence-corrected chi connectivity index (χ4v) is 1.11. The first-order valence-electron chi connectivity index (χ1n) is 8.02. The summed E-state index contributed by atoms with van der Waals surface area (Å²) >= 11 is 0. The van der Waals surface area contributed by atoms with Gasteiger partial charge in [-0.25, -0.2) is 0 Å². The van der Waals surface area contributed by atoms with Gasteiger partial charge in [0, 0.05) is 0 Å². The first-order valence-corrected chi connectivity index (χ1v) is 8.02. The number of terminal acetylenes is 1. The molecule has 1 heteroatoms. The van der Waals surface area contributed by atoms with Gasteiger partial charge in [-0.15, -0.1) is 12.3 Å². The first-order chi connectivity index (χ1) is 10.9. The SMILES string of the molecule is C#CC.CC.CC.CC.c1ccc(Oc2ccccc2)cc1. The third-order valence-electron chi connectivity index (χ3n) is 1.72. The van der Waals surface area contributed by atoms with Crippen molar-refractivity contribution in [1.29, 1.82) is 0 Å². The predicted octanol–water partition coefficient (Wildman–Crippen LogP) is 7.20. The van der Waals surface area contributed by atoms with Crippen molar-refractivity contribution in [3.8, 4) is 23.8 Å². The van der Waals surface area contributed by atoms with E-state index in [1.54, 1.807) is 6.92 Å². The van der Waals surface area contributed by atoms with Crippen LogP contribution in [0.5, 0.6) is 11.5 Å². The summed E-state index contributed by atoms with van der Waals surface area (Å²) in [5, 5.41) is 0. The Morgan fingerprint density at radius 1 is 0.636 bits per heavy atom. The van der Waals surface area contributed by atoms with Crippen LogP contribution in [0.4, 0.5) is 0 Å². The molecule has 0 aliphatic rings. The van der Waals surface area contributed by atoms with Crippen LogP contribution in [0.1, 0.15) is 48.5 Å². The van der Waals surface area contributed by atoms with E-state index < -0.39 is 0 Å². The lowest BCUT2D eigenvalue weighted by atomic mass is 10.3. The molecule has 0 aliphatic heterocycles. The Labute approximate surface area is 138 Å². The molecular weight excluding hydrogens is 268 g/mol. The topological polar surface area (TPSA) is 9.23 Å². The van der Waals surface area contributed by atoms with Gasteiger partial charge in [0.2, 0.25) is 0 Å². The minimum atomic E-state index is 0.869. The third-order valence-corrected chi connectivity index (χ3v) is 1.72. The van der Waals surface area contributed by atoms with Crippen molar-refractivity contribution in [1.82, 2.24) is 0 Å². The Kier molecular flexibility index (Phi) is 26.9. The molecule has 0 heterocycles. The molecule has 1 nitrogen and oxygen atoms in total. The highest BCUT2D eigenvalue weighted by atomic mass is 16.5. The molecular formula is C21H32O. The van der Waals surface area contributed by atoms with Crippen LogP contribution in [0.2, 0.25) is 0 Å². The number of hydrogen-bond acceptors (Lipinski definition) is 1. The van der Waals surface area contributed by atoms with E-state index in [2.05, 4.69) is 12.3 Å². The van der Waals surface area contributed by atoms with Gasteiger partial charge in [-0.05, 0) is 31.2 Å². The van der Waals surface area contributed by atoms with E-state index in [0.29, 0.717) is 0 Å². The molecule has 2 aromatic carbocycles. The second kappa shape index (κ2) is 23.9. The van der Waals surface area contributed by atoms with Crippen molar-refractivity contribution in [2.24, 2.45) is 0 Å². The van der Waals surface area contributed by atoms with Gasteiger partial charge >= 0.3 is 0 Å². The third kappa shape index (κ3) is 15.9. The van der Waals surface area contributed by atoms with Crippen LogP contribution in [0.25, 0.3) is 0 Å². The van der Waals surface area contributed by atoms with Crippen LogP contribution in [-0.2, 0) is 0 Å². The molecule has 0 atom stereocenters. The second-order valence-corrected chi connectivity index (χ2v) is 3.02. The molecule has 0 amide bonds. The molecule has 0 saturated heterocycles. The molecule has 22 heavy (non-hydrogen) atoms. The number of hydrogen-bond donors (Lipinski definition) is 0. The summed E-state index contributed by atoms with van der Waals surface area (Å²) < 4.78 is 5.58. The minimum Gasteiger partial charge on any atom is -0.457 e. The van der Waals surface area contributed by atoms with Gasteiger partial charge in [0.1, 0.15) is 11.5 Å². The molecule has 0 aliphatic carbocycles. The second-order valence-electron chi connectivity index (χ2n) is 3.02. The van der Waals surface area contributed by atoms with Gasteiger partial charge < -0.3 is 4.74 Å². The normalized spacial score (nSPS) is 6.82. The van der Waals surface area contributed by atoms with Crippen LogP contribution in [-0.4, -0.2) is 0 Å². The highest BCUT2D eigenvalue weighted by Gasteiger charge is 1.92. The quantitative estimate of drug-likeness (QED) is 0.533. The lowest BCUT2D eigenvalue weighted by Crippen LogP contribution is -1.81. The Morgan fingerprint density at radius 3 is 1.09 bits per heavy atom. The first kappa shape index (κ1) is 24.8. The molecule has 0 radical (unpaired) electrons. The van der Waals surface area contributed by atoms with Gasteiger partial charge in [-0.2, -0.15) is 0 Å². The summed E-state index contributed by atoms with van der Waals surface area (Å²) in [5.41, 5.74) is 0. The average Bonchev–Trinajstić information content (AvgIpc) is 2.63. The zero-order valence-electron chi connectivity index (χ0n) is 15.3. The molecule has 0 saturated carbocycles. The highest BCUT2D eigenvalue weighted by molar-refractivity contribution is 5.30. The fraction of sp³-hybridized carbons (Fsp3) is 0.333. The number of benzene rings is 2. The fourth-order valence-electron chi connectivity index (χ4n) is 1.11. The summed E-state index contributed by atoms with van der Waals surface area (Å²) in [4.78, 5) is 0. The van der Waals surface area contributed by atoms with Crippen molar-refractivity contribution in [2.45, 2.75) is 48.5 Å². The van der Waals surface area contributed by atoms with E-state index in [-0.39, 0.29) is 0 Å². The summed E-state index contributed by atoms with van der Waals surface area (Å²) in [6.07, 6.45) is 4.60. The van der Waals surface area contributed by atoms with E-state index in [0.717, 1.165) is 11.5 Å². The van der Waals surface area contributed by atoms with E-state index >= 15 is 0 Å². The Hall–Kier alpha value is -2.20. The van der Waals surface area contributed by atoms with Crippen molar-refractivity contribution in [3.05, 3.63) is 60.7 Å². The number of ether oxygens (including phenoxy) is 1. The molecule has 0 unspecified atom stereocenters. The number of rotatable bonds is 2. The highest BCUT2D eigenvalue weighted by Crippen LogP contribution is 2.19. The maximum absolute atomic E-state index is 5.58. The molecule has 0 bridgehead atoms. The molecule has 122 valence electrons. The lowest BCUT2D eigenvalue weighted by Gasteiger charge is -2.03. The summed E-state index contributed by atoms with van der Waals surface area (Å²) in [5.74, 6) is 3.99. The van der Waals surface area contributed by atoms with Crippen LogP contribution in [0.3, 0.4) is 0 Å². The molecule has 0 N–H and O–H groups in total. The van der Waals surface area contributed by atoms with Gasteiger partial charge in [0.05, 0.1) is 0 Å². The van der Waals surface area contributed by atoms with Crippen molar-refractivity contribution in [3.63, 3.8) is 0 Å². The van der Waals surface area contributed by atoms with Crippen LogP contribution < -0.4 is 4.74 Å². The minimum absolute atomic E-state index is 0.869. The Morgan fingerprint density at radius 2 is 0.864 bits per heavy atom. The standard InChI is InChI=1S/C12H10O.C3H4.3C2H6/c1-3-7-11(8-4-1)13-12-9-5-2-6-10-12;1-3-2;3*1-2/h1-10H;1H,2H3;3*1-2H3. The summed E-state index contributed by atoms with van der Waals surface area (Å²) in [6.45, 7) is 13.7. The van der Waals surface area contributed by atoms with Crippen LogP contribution in [0.15, 0.2) is 60.7 Å². The maximum Gasteiger partial charge on any atom is 0.127 e. The molecule has 0 fully saturated rings. The van der Waals surface area contributed by atoms with Crippen LogP contribution >= 0.6 is 0 Å². The monoisotopic (exact) mass is 300 g/mol. The zero-order valence-corrected chi connectivity index (χ0v) is 15.3. The smallest absolute Gasteiger partial charge is 0.127 e. The zero-order chi connectivity index (χ0) is 17.6. The van der Waals surface area contributed by atoms with Crippen LogP contribution in [0, 0.1) is 12.3 Å². The molecule has 0 aromatic heterocycles. The van der Waals surface area contributed by atoms with E-state index in [9.17, 15) is 0 Å². The van der Waals surface area contributed by atoms with Gasteiger partial charge in [-0.3, -0.25) is 0 Å². The molecule has 0 spiro atoms. The van der Waals surface area contributed by atoms with E-state index in [1.165, 1.54) is 0 Å². The van der Waals surface area contributed by atoms with Crippen molar-refractivity contribution < 1.29 is 4.74 Å². The molecule has 2 rings (SSSR count). The van der Waals surface area contributed by atoms with E-state index in [1.807, 2.05) is 102 Å². The maximum atomic E-state index is 5.58. The predicted molar refractivity (Wildman–Crippen MR) is 102 cm³/mol. The summed E-state index contributed by atoms with van der Waals surface area (Å²) in [7, 11) is 0. The summed E-state index contributed by atoms with van der Waals surface area (Å²) in [6, 6.07) is 19.5. The number of para-hydroxylation sites is 2. The van der Waals surface area contributed by atoms with Gasteiger partial charge in [0.15, 0.2) is 0 Å². The lowest BCUT2D eigenvalue weighted by molar-refractivity contribution is 0.482. The van der Waals surface area contributed by atoms with E-state index in [4.69, 9.17) is 4.74 Å². The Balaban J connectivity index is -0.000000344. The van der Waals surface area contributed by atoms with Crippen molar-refractivity contribution in [2.75, 3.05) is 0 Å². The largest absolute Gasteiger partial charge is 0.457 e. The van der Waals surface area contributed by atoms with Gasteiger partial charge in [-0.1, -0.05) is 77.9 Å². The average molecular weight is 300 g/mol. The molecule has 2 aromatic rings. The van der Waals surface area contributed by atoms with Crippen molar-refractivity contribution >= 4 is 0 Å².